The van der Waals surface area contributed by atoms with E-state index < -0.39 is 11.2 Å². The van der Waals surface area contributed by atoms with Gasteiger partial charge in [0.25, 0.3) is 5.56 Å². The average molecular weight is 397 g/mol. The van der Waals surface area contributed by atoms with Crippen molar-refractivity contribution in [1.29, 1.82) is 0 Å². The first-order chi connectivity index (χ1) is 12.9. The maximum absolute atomic E-state index is 12.4. The summed E-state index contributed by atoms with van der Waals surface area (Å²) >= 11 is 1.72. The molecule has 0 radical (unpaired) electrons. The molecule has 0 aliphatic heterocycles. The molecule has 150 valence electrons. The molecule has 2 heterocycles. The van der Waals surface area contributed by atoms with Gasteiger partial charge < -0.3 is 15.2 Å². The van der Waals surface area contributed by atoms with Gasteiger partial charge in [-0.3, -0.25) is 14.3 Å². The van der Waals surface area contributed by atoms with Gasteiger partial charge >= 0.3 is 5.69 Å². The second kappa shape index (κ2) is 9.63. The predicted octanol–water partition coefficient (Wildman–Crippen LogP) is 2.14. The monoisotopic (exact) mass is 396 g/mol. The summed E-state index contributed by atoms with van der Waals surface area (Å²) in [5.74, 6) is 2.15. The molecule has 10 heteroatoms. The average Bonchev–Trinajstić information content (AvgIpc) is 3.09. The number of unbranched alkanes of at least 4 members (excludes halogenated alkanes) is 1. The molecule has 2 aromatic rings. The molecule has 0 saturated carbocycles. The number of aromatic nitrogens is 4. The van der Waals surface area contributed by atoms with Crippen LogP contribution < -0.4 is 21.9 Å². The Morgan fingerprint density at radius 3 is 2.70 bits per heavy atom. The van der Waals surface area contributed by atoms with Crippen molar-refractivity contribution in [2.24, 2.45) is 0 Å². The summed E-state index contributed by atoms with van der Waals surface area (Å²) in [6, 6.07) is 0. The van der Waals surface area contributed by atoms with E-state index in [-0.39, 0.29) is 23.3 Å². The molecule has 0 aliphatic rings. The molecule has 2 rings (SSSR count). The number of nitrogens with zero attached hydrogens (tertiary/aromatic N) is 4. The van der Waals surface area contributed by atoms with E-state index in [1.165, 1.54) is 4.57 Å². The number of rotatable bonds is 10. The van der Waals surface area contributed by atoms with Gasteiger partial charge in [-0.1, -0.05) is 25.4 Å². The molecule has 0 unspecified atom stereocenters. The summed E-state index contributed by atoms with van der Waals surface area (Å²) in [6.45, 7) is 9.21. The normalized spacial score (nSPS) is 12.3. The fourth-order valence-corrected chi connectivity index (χ4v) is 3.50. The standard InChI is InChI=1S/C17H28N6O3S/c1-5-8-9-23-14(18)13(16(24)20-17(23)25)22(6-2)10-12-19-15(21-26-12)11(4)27-7-3/h11H,5-10,18H2,1-4H3,(H,20,24,25)/t11-/m1/s1. The second-order valence-electron chi connectivity index (χ2n) is 6.16. The van der Waals surface area contributed by atoms with Crippen LogP contribution in [-0.4, -0.2) is 32.0 Å². The maximum Gasteiger partial charge on any atom is 0.330 e. The third-order valence-corrected chi connectivity index (χ3v) is 5.28. The summed E-state index contributed by atoms with van der Waals surface area (Å²) in [5, 5.41) is 4.16. The van der Waals surface area contributed by atoms with Crippen molar-refractivity contribution in [3.8, 4) is 0 Å². The number of H-pyrrole nitrogens is 1. The van der Waals surface area contributed by atoms with Gasteiger partial charge in [-0.2, -0.15) is 16.7 Å². The van der Waals surface area contributed by atoms with Crippen LogP contribution in [0.2, 0.25) is 0 Å². The summed E-state index contributed by atoms with van der Waals surface area (Å²) < 4.78 is 6.75. The SMILES string of the molecule is CCCCn1c(N)c(N(CC)Cc2nc([C@@H](C)SCC)no2)c(=O)[nH]c1=O. The first kappa shape index (κ1) is 21.1. The van der Waals surface area contributed by atoms with Crippen molar-refractivity contribution in [3.05, 3.63) is 32.6 Å². The summed E-state index contributed by atoms with van der Waals surface area (Å²) in [4.78, 5) is 33.0. The minimum atomic E-state index is -0.512. The van der Waals surface area contributed by atoms with Gasteiger partial charge in [0.1, 0.15) is 11.5 Å². The highest BCUT2D eigenvalue weighted by Crippen LogP contribution is 2.26. The Balaban J connectivity index is 2.32. The zero-order valence-electron chi connectivity index (χ0n) is 16.3. The topological polar surface area (TPSA) is 123 Å². The molecule has 27 heavy (non-hydrogen) atoms. The number of anilines is 2. The van der Waals surface area contributed by atoms with Crippen LogP contribution in [0.15, 0.2) is 14.1 Å². The Morgan fingerprint density at radius 2 is 2.07 bits per heavy atom. The molecule has 0 spiro atoms. The van der Waals surface area contributed by atoms with Crippen LogP contribution >= 0.6 is 11.8 Å². The van der Waals surface area contributed by atoms with Crippen LogP contribution in [-0.2, 0) is 13.1 Å². The highest BCUT2D eigenvalue weighted by molar-refractivity contribution is 7.99. The summed E-state index contributed by atoms with van der Waals surface area (Å²) in [7, 11) is 0. The van der Waals surface area contributed by atoms with Crippen molar-refractivity contribution in [2.75, 3.05) is 22.9 Å². The Labute approximate surface area is 162 Å². The van der Waals surface area contributed by atoms with Crippen LogP contribution in [0.25, 0.3) is 0 Å². The number of thioether (sulfide) groups is 1. The van der Waals surface area contributed by atoms with Crippen molar-refractivity contribution >= 4 is 23.3 Å². The van der Waals surface area contributed by atoms with Crippen molar-refractivity contribution in [1.82, 2.24) is 19.7 Å². The molecular weight excluding hydrogens is 368 g/mol. The molecule has 0 aliphatic carbocycles. The molecule has 0 aromatic carbocycles. The molecule has 2 aromatic heterocycles. The third-order valence-electron chi connectivity index (χ3n) is 4.24. The quantitative estimate of drug-likeness (QED) is 0.626. The van der Waals surface area contributed by atoms with E-state index in [0.717, 1.165) is 18.6 Å². The largest absolute Gasteiger partial charge is 0.383 e. The molecule has 0 amide bonds. The molecule has 9 nitrogen and oxygen atoms in total. The molecule has 1 atom stereocenters. The van der Waals surface area contributed by atoms with Gasteiger partial charge in [0, 0.05) is 13.1 Å². The number of nitrogens with one attached hydrogen (secondary N) is 1. The highest BCUT2D eigenvalue weighted by atomic mass is 32.2. The van der Waals surface area contributed by atoms with Gasteiger partial charge in [-0.15, -0.1) is 0 Å². The van der Waals surface area contributed by atoms with Gasteiger partial charge in [0.15, 0.2) is 5.82 Å². The van der Waals surface area contributed by atoms with Crippen molar-refractivity contribution in [3.63, 3.8) is 0 Å². The number of nitrogen functional groups attached to an aromatic ring is 1. The smallest absolute Gasteiger partial charge is 0.330 e. The van der Waals surface area contributed by atoms with Gasteiger partial charge in [0.05, 0.1) is 11.8 Å². The Morgan fingerprint density at radius 1 is 1.33 bits per heavy atom. The highest BCUT2D eigenvalue weighted by Gasteiger charge is 2.21. The summed E-state index contributed by atoms with van der Waals surface area (Å²) in [5.41, 5.74) is 5.43. The van der Waals surface area contributed by atoms with Gasteiger partial charge in [0.2, 0.25) is 5.89 Å². The Kier molecular flexibility index (Phi) is 7.52. The van der Waals surface area contributed by atoms with Crippen LogP contribution in [0.1, 0.15) is 57.5 Å². The lowest BCUT2D eigenvalue weighted by Gasteiger charge is -2.23. The van der Waals surface area contributed by atoms with E-state index in [2.05, 4.69) is 22.0 Å². The van der Waals surface area contributed by atoms with E-state index in [0.29, 0.717) is 24.8 Å². The number of aromatic amines is 1. The van der Waals surface area contributed by atoms with Crippen molar-refractivity contribution < 1.29 is 4.52 Å². The number of nitrogens with two attached hydrogens (primary N) is 1. The second-order valence-corrected chi connectivity index (χ2v) is 7.77. The molecular formula is C17H28N6O3S. The van der Waals surface area contributed by atoms with Crippen LogP contribution in [0, 0.1) is 0 Å². The van der Waals surface area contributed by atoms with E-state index >= 15 is 0 Å². The lowest BCUT2D eigenvalue weighted by Crippen LogP contribution is -2.38. The van der Waals surface area contributed by atoms with E-state index in [9.17, 15) is 9.59 Å². The Bertz CT molecular complexity index is 859. The predicted molar refractivity (Wildman–Crippen MR) is 108 cm³/mol. The lowest BCUT2D eigenvalue weighted by molar-refractivity contribution is 0.371. The minimum absolute atomic E-state index is 0.131. The van der Waals surface area contributed by atoms with Crippen LogP contribution in [0.4, 0.5) is 11.5 Å². The van der Waals surface area contributed by atoms with E-state index in [1.807, 2.05) is 20.8 Å². The van der Waals surface area contributed by atoms with Gasteiger partial charge in [-0.25, -0.2) is 4.79 Å². The van der Waals surface area contributed by atoms with Gasteiger partial charge in [-0.05, 0) is 26.0 Å². The van der Waals surface area contributed by atoms with Crippen LogP contribution in [0.3, 0.4) is 0 Å². The van der Waals surface area contributed by atoms with Crippen LogP contribution in [0.5, 0.6) is 0 Å². The number of hydrogen-bond acceptors (Lipinski definition) is 8. The fraction of sp³-hybridized carbons (Fsp3) is 0.647. The first-order valence-corrected chi connectivity index (χ1v) is 10.3. The molecule has 0 bridgehead atoms. The zero-order chi connectivity index (χ0) is 20.0. The molecule has 0 saturated heterocycles. The first-order valence-electron chi connectivity index (χ1n) is 9.24. The zero-order valence-corrected chi connectivity index (χ0v) is 17.1. The number of hydrogen-bond donors (Lipinski definition) is 2. The van der Waals surface area contributed by atoms with E-state index in [4.69, 9.17) is 10.3 Å². The lowest BCUT2D eigenvalue weighted by atomic mass is 10.3. The minimum Gasteiger partial charge on any atom is -0.383 e. The fourth-order valence-electron chi connectivity index (χ4n) is 2.76. The summed E-state index contributed by atoms with van der Waals surface area (Å²) in [6.07, 6.45) is 1.71. The molecule has 0 fully saturated rings. The molecule has 3 N–H and O–H groups in total. The maximum atomic E-state index is 12.4. The third kappa shape index (κ3) is 4.94. The van der Waals surface area contributed by atoms with Crippen molar-refractivity contribution in [2.45, 2.75) is 58.9 Å². The van der Waals surface area contributed by atoms with E-state index in [1.54, 1.807) is 16.7 Å². The Hall–Kier alpha value is -2.23.